The first kappa shape index (κ1) is 11.0. The van der Waals surface area contributed by atoms with E-state index in [9.17, 15) is 0 Å². The van der Waals surface area contributed by atoms with E-state index in [-0.39, 0.29) is 0 Å². The van der Waals surface area contributed by atoms with Gasteiger partial charge in [0.2, 0.25) is 0 Å². The second-order valence-electron chi connectivity index (χ2n) is 6.41. The summed E-state index contributed by atoms with van der Waals surface area (Å²) in [5, 5.41) is 7.86. The predicted octanol–water partition coefficient (Wildman–Crippen LogP) is 2.59. The molecule has 0 amide bonds. The first-order chi connectivity index (χ1) is 7.83. The SMILES string of the molecule is C1CCC2(CC1)CNCC1(CCCCC1)N2. The lowest BCUT2D eigenvalue weighted by molar-refractivity contribution is 0.0817. The molecule has 2 N–H and O–H groups in total. The molecule has 3 rings (SSSR count). The molecular weight excluding hydrogens is 196 g/mol. The largest absolute Gasteiger partial charge is 0.313 e. The lowest BCUT2D eigenvalue weighted by Gasteiger charge is -2.53. The Labute approximate surface area is 99.6 Å². The first-order valence-corrected chi connectivity index (χ1v) is 7.33. The lowest BCUT2D eigenvalue weighted by Crippen LogP contribution is -2.71. The van der Waals surface area contributed by atoms with Crippen molar-refractivity contribution in [2.45, 2.75) is 75.3 Å². The van der Waals surface area contributed by atoms with Crippen molar-refractivity contribution in [3.8, 4) is 0 Å². The Balaban J connectivity index is 1.72. The maximum Gasteiger partial charge on any atom is 0.0311 e. The van der Waals surface area contributed by atoms with Crippen LogP contribution in [0.2, 0.25) is 0 Å². The van der Waals surface area contributed by atoms with E-state index in [0.717, 1.165) is 0 Å². The van der Waals surface area contributed by atoms with Crippen LogP contribution in [0.1, 0.15) is 64.2 Å². The van der Waals surface area contributed by atoms with Gasteiger partial charge in [-0.1, -0.05) is 38.5 Å². The zero-order valence-electron chi connectivity index (χ0n) is 10.5. The zero-order chi connectivity index (χ0) is 10.9. The van der Waals surface area contributed by atoms with E-state index >= 15 is 0 Å². The fourth-order valence-corrected chi connectivity index (χ4v) is 4.25. The third-order valence-electron chi connectivity index (χ3n) is 5.08. The normalized spacial score (nSPS) is 33.0. The molecule has 1 heterocycles. The van der Waals surface area contributed by atoms with E-state index in [1.807, 2.05) is 0 Å². The minimum Gasteiger partial charge on any atom is -0.313 e. The average molecular weight is 222 g/mol. The maximum absolute atomic E-state index is 4.12. The number of rotatable bonds is 0. The fourth-order valence-electron chi connectivity index (χ4n) is 4.25. The predicted molar refractivity (Wildman–Crippen MR) is 67.6 cm³/mol. The summed E-state index contributed by atoms with van der Waals surface area (Å²) in [4.78, 5) is 0. The van der Waals surface area contributed by atoms with Crippen molar-refractivity contribution in [2.24, 2.45) is 0 Å². The standard InChI is InChI=1S/C14H26N2/c1-3-7-13(8-4-1)11-15-12-14(16-13)9-5-2-6-10-14/h15-16H,1-12H2. The molecule has 1 aliphatic heterocycles. The number of nitrogens with one attached hydrogen (secondary N) is 2. The molecule has 0 aromatic carbocycles. The van der Waals surface area contributed by atoms with Crippen molar-refractivity contribution in [2.75, 3.05) is 13.1 Å². The van der Waals surface area contributed by atoms with Crippen molar-refractivity contribution in [3.63, 3.8) is 0 Å². The van der Waals surface area contributed by atoms with Crippen LogP contribution in [0.4, 0.5) is 0 Å². The van der Waals surface area contributed by atoms with Gasteiger partial charge >= 0.3 is 0 Å². The molecule has 2 aliphatic carbocycles. The molecule has 2 heteroatoms. The van der Waals surface area contributed by atoms with Crippen molar-refractivity contribution < 1.29 is 0 Å². The fraction of sp³-hybridized carbons (Fsp3) is 1.00. The summed E-state index contributed by atoms with van der Waals surface area (Å²) in [6.07, 6.45) is 14.3. The van der Waals surface area contributed by atoms with Crippen LogP contribution < -0.4 is 10.6 Å². The van der Waals surface area contributed by atoms with Crippen LogP contribution in [0.3, 0.4) is 0 Å². The second kappa shape index (κ2) is 4.30. The molecule has 2 nitrogen and oxygen atoms in total. The van der Waals surface area contributed by atoms with Gasteiger partial charge in [-0.15, -0.1) is 0 Å². The Kier molecular flexibility index (Phi) is 2.97. The molecule has 0 atom stereocenters. The number of hydrogen-bond donors (Lipinski definition) is 2. The van der Waals surface area contributed by atoms with E-state index in [1.54, 1.807) is 0 Å². The van der Waals surface area contributed by atoms with Crippen molar-refractivity contribution in [3.05, 3.63) is 0 Å². The van der Waals surface area contributed by atoms with Crippen LogP contribution in [-0.2, 0) is 0 Å². The van der Waals surface area contributed by atoms with E-state index < -0.39 is 0 Å². The summed E-state index contributed by atoms with van der Waals surface area (Å²) in [7, 11) is 0. The summed E-state index contributed by atoms with van der Waals surface area (Å²) in [6, 6.07) is 0. The van der Waals surface area contributed by atoms with Gasteiger partial charge in [-0.25, -0.2) is 0 Å². The van der Waals surface area contributed by atoms with Gasteiger partial charge in [0.15, 0.2) is 0 Å². The summed E-state index contributed by atoms with van der Waals surface area (Å²) in [6.45, 7) is 2.43. The molecule has 0 aromatic rings. The third-order valence-corrected chi connectivity index (χ3v) is 5.08. The Hall–Kier alpha value is -0.0800. The molecule has 0 aromatic heterocycles. The second-order valence-corrected chi connectivity index (χ2v) is 6.41. The average Bonchev–Trinajstić information content (AvgIpc) is 2.31. The molecule has 1 saturated heterocycles. The highest BCUT2D eigenvalue weighted by Gasteiger charge is 2.44. The monoisotopic (exact) mass is 222 g/mol. The molecule has 92 valence electrons. The van der Waals surface area contributed by atoms with Crippen LogP contribution in [0, 0.1) is 0 Å². The smallest absolute Gasteiger partial charge is 0.0311 e. The number of piperazine rings is 1. The van der Waals surface area contributed by atoms with E-state index in [0.29, 0.717) is 11.1 Å². The van der Waals surface area contributed by atoms with E-state index in [4.69, 9.17) is 0 Å². The third kappa shape index (κ3) is 2.02. The van der Waals surface area contributed by atoms with Gasteiger partial charge in [-0.05, 0) is 25.7 Å². The van der Waals surface area contributed by atoms with Crippen LogP contribution in [0.15, 0.2) is 0 Å². The Morgan fingerprint density at radius 2 is 1.00 bits per heavy atom. The quantitative estimate of drug-likeness (QED) is 0.658. The first-order valence-electron chi connectivity index (χ1n) is 7.33. The Bertz CT molecular complexity index is 202. The van der Waals surface area contributed by atoms with Crippen LogP contribution in [0.25, 0.3) is 0 Å². The summed E-state index contributed by atoms with van der Waals surface area (Å²) < 4.78 is 0. The molecule has 3 aliphatic rings. The van der Waals surface area contributed by atoms with E-state index in [1.165, 1.54) is 77.3 Å². The summed E-state index contributed by atoms with van der Waals surface area (Å²) in [5.41, 5.74) is 0.932. The minimum atomic E-state index is 0.466. The highest BCUT2D eigenvalue weighted by Crippen LogP contribution is 2.37. The van der Waals surface area contributed by atoms with Crippen LogP contribution in [-0.4, -0.2) is 24.2 Å². The molecule has 2 saturated carbocycles. The van der Waals surface area contributed by atoms with Crippen molar-refractivity contribution in [1.29, 1.82) is 0 Å². The van der Waals surface area contributed by atoms with Crippen LogP contribution in [0.5, 0.6) is 0 Å². The van der Waals surface area contributed by atoms with Gasteiger partial charge in [-0.2, -0.15) is 0 Å². The van der Waals surface area contributed by atoms with Crippen molar-refractivity contribution >= 4 is 0 Å². The topological polar surface area (TPSA) is 24.1 Å². The lowest BCUT2D eigenvalue weighted by atomic mass is 9.73. The Morgan fingerprint density at radius 3 is 1.44 bits per heavy atom. The zero-order valence-corrected chi connectivity index (χ0v) is 10.5. The van der Waals surface area contributed by atoms with Gasteiger partial charge in [0.25, 0.3) is 0 Å². The molecule has 0 bridgehead atoms. The molecule has 2 spiro atoms. The summed E-state index contributed by atoms with van der Waals surface area (Å²) >= 11 is 0. The van der Waals surface area contributed by atoms with Gasteiger partial charge in [-0.3, -0.25) is 0 Å². The molecule has 0 radical (unpaired) electrons. The van der Waals surface area contributed by atoms with Gasteiger partial charge < -0.3 is 10.6 Å². The van der Waals surface area contributed by atoms with Gasteiger partial charge in [0.05, 0.1) is 0 Å². The highest BCUT2D eigenvalue weighted by molar-refractivity contribution is 5.06. The minimum absolute atomic E-state index is 0.466. The molecule has 0 unspecified atom stereocenters. The Morgan fingerprint density at radius 1 is 0.562 bits per heavy atom. The van der Waals surface area contributed by atoms with Crippen molar-refractivity contribution in [1.82, 2.24) is 10.6 Å². The molecule has 16 heavy (non-hydrogen) atoms. The van der Waals surface area contributed by atoms with Gasteiger partial charge in [0.1, 0.15) is 0 Å². The van der Waals surface area contributed by atoms with Gasteiger partial charge in [0, 0.05) is 24.2 Å². The highest BCUT2D eigenvalue weighted by atomic mass is 15.2. The maximum atomic E-state index is 4.12. The summed E-state index contributed by atoms with van der Waals surface area (Å²) in [5.74, 6) is 0. The van der Waals surface area contributed by atoms with E-state index in [2.05, 4.69) is 10.6 Å². The van der Waals surface area contributed by atoms with Crippen LogP contribution >= 0.6 is 0 Å². The number of hydrogen-bond acceptors (Lipinski definition) is 2. The molecular formula is C14H26N2. The molecule has 3 fully saturated rings.